The third-order valence-corrected chi connectivity index (χ3v) is 2.63. The van der Waals surface area contributed by atoms with Gasteiger partial charge >= 0.3 is 6.09 Å². The summed E-state index contributed by atoms with van der Waals surface area (Å²) in [5, 5.41) is 13.3. The molecule has 0 saturated carbocycles. The average molecular weight is 308 g/mol. The Balaban J connectivity index is 2.63. The van der Waals surface area contributed by atoms with Crippen LogP contribution in [0.25, 0.3) is 0 Å². The number of nitro groups is 1. The van der Waals surface area contributed by atoms with Crippen LogP contribution in [0.4, 0.5) is 10.5 Å². The number of rotatable bonds is 5. The van der Waals surface area contributed by atoms with E-state index < -0.39 is 22.7 Å². The molecule has 7 heteroatoms. The fourth-order valence-corrected chi connectivity index (χ4v) is 1.75. The lowest BCUT2D eigenvalue weighted by molar-refractivity contribution is -0.384. The maximum absolute atomic E-state index is 12.1. The Morgan fingerprint density at radius 2 is 2.00 bits per heavy atom. The summed E-state index contributed by atoms with van der Waals surface area (Å²) in [4.78, 5) is 33.8. The van der Waals surface area contributed by atoms with Crippen molar-refractivity contribution in [1.29, 1.82) is 0 Å². The van der Waals surface area contributed by atoms with E-state index in [1.54, 1.807) is 27.7 Å². The van der Waals surface area contributed by atoms with E-state index in [1.807, 2.05) is 0 Å². The number of benzene rings is 1. The predicted molar refractivity (Wildman–Crippen MR) is 80.9 cm³/mol. The van der Waals surface area contributed by atoms with E-state index in [9.17, 15) is 19.7 Å². The van der Waals surface area contributed by atoms with Gasteiger partial charge in [0.1, 0.15) is 5.60 Å². The Bertz CT molecular complexity index is 578. The first-order chi connectivity index (χ1) is 10.1. The van der Waals surface area contributed by atoms with Crippen LogP contribution in [0.5, 0.6) is 0 Å². The molecule has 0 spiro atoms. The molecule has 7 nitrogen and oxygen atoms in total. The monoisotopic (exact) mass is 308 g/mol. The molecule has 0 saturated heterocycles. The van der Waals surface area contributed by atoms with Gasteiger partial charge in [-0.3, -0.25) is 14.9 Å². The second-order valence-electron chi connectivity index (χ2n) is 5.98. The Kier molecular flexibility index (Phi) is 5.62. The lowest BCUT2D eigenvalue weighted by atomic mass is 10.0. The molecule has 0 heterocycles. The largest absolute Gasteiger partial charge is 0.444 e. The molecular formula is C15H20N2O5. The molecule has 1 unspecified atom stereocenters. The third-order valence-electron chi connectivity index (χ3n) is 2.63. The van der Waals surface area contributed by atoms with Gasteiger partial charge in [-0.1, -0.05) is 12.1 Å². The van der Waals surface area contributed by atoms with E-state index in [0.29, 0.717) is 0 Å². The van der Waals surface area contributed by atoms with Gasteiger partial charge in [0.05, 0.1) is 4.92 Å². The van der Waals surface area contributed by atoms with Gasteiger partial charge in [0.2, 0.25) is 0 Å². The molecule has 1 N–H and O–H groups in total. The fraction of sp³-hybridized carbons (Fsp3) is 0.467. The maximum Gasteiger partial charge on any atom is 0.407 e. The summed E-state index contributed by atoms with van der Waals surface area (Å²) in [6, 6.07) is 5.07. The summed E-state index contributed by atoms with van der Waals surface area (Å²) in [5.41, 5.74) is -0.515. The van der Waals surface area contributed by atoms with Crippen LogP contribution in [-0.4, -0.2) is 28.4 Å². The number of non-ortho nitro benzene ring substituents is 1. The van der Waals surface area contributed by atoms with Crippen LogP contribution in [0.1, 0.15) is 44.5 Å². The Morgan fingerprint density at radius 3 is 2.55 bits per heavy atom. The van der Waals surface area contributed by atoms with E-state index in [2.05, 4.69) is 5.32 Å². The second-order valence-corrected chi connectivity index (χ2v) is 5.98. The first kappa shape index (κ1) is 17.6. The van der Waals surface area contributed by atoms with Crippen molar-refractivity contribution in [3.05, 3.63) is 39.9 Å². The quantitative estimate of drug-likeness (QED) is 0.512. The minimum Gasteiger partial charge on any atom is -0.444 e. The molecule has 22 heavy (non-hydrogen) atoms. The molecule has 0 aliphatic heterocycles. The normalized spacial score (nSPS) is 12.4. The van der Waals surface area contributed by atoms with Crippen LogP contribution in [-0.2, 0) is 4.74 Å². The predicted octanol–water partition coefficient (Wildman–Crippen LogP) is 3.08. The number of carbonyl (C=O) groups is 2. The number of hydrogen-bond acceptors (Lipinski definition) is 5. The summed E-state index contributed by atoms with van der Waals surface area (Å²) in [6.45, 7) is 6.89. The summed E-state index contributed by atoms with van der Waals surface area (Å²) >= 11 is 0. The van der Waals surface area contributed by atoms with Crippen molar-refractivity contribution >= 4 is 17.6 Å². The lowest BCUT2D eigenvalue weighted by Crippen LogP contribution is -2.38. The zero-order valence-electron chi connectivity index (χ0n) is 13.1. The molecule has 0 bridgehead atoms. The number of carbonyl (C=O) groups excluding carboxylic acids is 2. The topological polar surface area (TPSA) is 98.5 Å². The maximum atomic E-state index is 12.1. The van der Waals surface area contributed by atoms with E-state index in [-0.39, 0.29) is 23.5 Å². The van der Waals surface area contributed by atoms with Crippen molar-refractivity contribution in [2.75, 3.05) is 0 Å². The van der Waals surface area contributed by atoms with Gasteiger partial charge in [-0.2, -0.15) is 0 Å². The minimum atomic E-state index is -0.617. The zero-order chi connectivity index (χ0) is 16.9. The Labute approximate surface area is 128 Å². The molecular weight excluding hydrogens is 288 g/mol. The molecule has 1 atom stereocenters. The van der Waals surface area contributed by atoms with E-state index >= 15 is 0 Å². The first-order valence-corrected chi connectivity index (χ1v) is 6.85. The number of nitrogens with zero attached hydrogens (tertiary/aromatic N) is 1. The van der Waals surface area contributed by atoms with Crippen molar-refractivity contribution in [2.45, 2.75) is 45.8 Å². The van der Waals surface area contributed by atoms with Crippen LogP contribution in [0, 0.1) is 10.1 Å². The first-order valence-electron chi connectivity index (χ1n) is 6.85. The average Bonchev–Trinajstić information content (AvgIpc) is 2.36. The lowest BCUT2D eigenvalue weighted by Gasteiger charge is -2.21. The number of amides is 1. The summed E-state index contributed by atoms with van der Waals surface area (Å²) < 4.78 is 5.10. The molecule has 0 fully saturated rings. The molecule has 1 aromatic carbocycles. The highest BCUT2D eigenvalue weighted by Gasteiger charge is 2.20. The van der Waals surface area contributed by atoms with Gasteiger partial charge in [0.25, 0.3) is 5.69 Å². The number of hydrogen-bond donors (Lipinski definition) is 1. The second kappa shape index (κ2) is 7.02. The molecule has 0 aliphatic carbocycles. The van der Waals surface area contributed by atoms with E-state index in [1.165, 1.54) is 24.3 Å². The molecule has 1 rings (SSSR count). The molecule has 1 amide bonds. The summed E-state index contributed by atoms with van der Waals surface area (Å²) in [7, 11) is 0. The molecule has 0 radical (unpaired) electrons. The molecule has 0 aromatic heterocycles. The van der Waals surface area contributed by atoms with Gasteiger partial charge in [0, 0.05) is 30.2 Å². The van der Waals surface area contributed by atoms with Crippen LogP contribution in [0.15, 0.2) is 24.3 Å². The van der Waals surface area contributed by atoms with Crippen molar-refractivity contribution in [3.63, 3.8) is 0 Å². The highest BCUT2D eigenvalue weighted by atomic mass is 16.6. The number of nitro benzene ring substituents is 1. The number of alkyl carbamates (subject to hydrolysis) is 1. The highest BCUT2D eigenvalue weighted by Crippen LogP contribution is 2.15. The standard InChI is InChI=1S/C15H20N2O5/c1-10(16-14(19)22-15(2,3)4)8-13(18)11-6-5-7-12(9-11)17(20)21/h5-7,9-10H,8H2,1-4H3,(H,16,19). The van der Waals surface area contributed by atoms with Crippen molar-refractivity contribution in [2.24, 2.45) is 0 Å². The zero-order valence-corrected chi connectivity index (χ0v) is 13.1. The van der Waals surface area contributed by atoms with Crippen molar-refractivity contribution in [3.8, 4) is 0 Å². The van der Waals surface area contributed by atoms with E-state index in [4.69, 9.17) is 4.74 Å². The summed E-state index contributed by atoms with van der Waals surface area (Å²) in [6.07, 6.45) is -0.577. The van der Waals surface area contributed by atoms with Crippen LogP contribution < -0.4 is 5.32 Å². The smallest absolute Gasteiger partial charge is 0.407 e. The van der Waals surface area contributed by atoms with Crippen LogP contribution in [0.2, 0.25) is 0 Å². The SMILES string of the molecule is CC(CC(=O)c1cccc([N+](=O)[O-])c1)NC(=O)OC(C)(C)C. The highest BCUT2D eigenvalue weighted by molar-refractivity contribution is 5.97. The molecule has 1 aromatic rings. The van der Waals surface area contributed by atoms with E-state index in [0.717, 1.165) is 0 Å². The van der Waals surface area contributed by atoms with Gasteiger partial charge in [-0.25, -0.2) is 4.79 Å². The third kappa shape index (κ3) is 5.90. The number of Topliss-reactive ketones (excluding diaryl/α,β-unsaturated/α-hetero) is 1. The van der Waals surface area contributed by atoms with Gasteiger partial charge < -0.3 is 10.1 Å². The van der Waals surface area contributed by atoms with Gasteiger partial charge in [0.15, 0.2) is 5.78 Å². The van der Waals surface area contributed by atoms with Crippen molar-refractivity contribution in [1.82, 2.24) is 5.32 Å². The number of ketones is 1. The number of ether oxygens (including phenoxy) is 1. The number of nitrogens with one attached hydrogen (secondary N) is 1. The van der Waals surface area contributed by atoms with Crippen molar-refractivity contribution < 1.29 is 19.2 Å². The molecule has 120 valence electrons. The minimum absolute atomic E-state index is 0.0282. The Morgan fingerprint density at radius 1 is 1.36 bits per heavy atom. The summed E-state index contributed by atoms with van der Waals surface area (Å²) in [5.74, 6) is -0.285. The van der Waals surface area contributed by atoms with Crippen LogP contribution >= 0.6 is 0 Å². The fourth-order valence-electron chi connectivity index (χ4n) is 1.75. The van der Waals surface area contributed by atoms with Gasteiger partial charge in [-0.05, 0) is 27.7 Å². The Hall–Kier alpha value is -2.44. The van der Waals surface area contributed by atoms with Crippen LogP contribution in [0.3, 0.4) is 0 Å². The van der Waals surface area contributed by atoms with Gasteiger partial charge in [-0.15, -0.1) is 0 Å². The molecule has 0 aliphatic rings.